The van der Waals surface area contributed by atoms with E-state index in [-0.39, 0.29) is 17.4 Å². The van der Waals surface area contributed by atoms with Crippen LogP contribution in [0.3, 0.4) is 0 Å². The van der Waals surface area contributed by atoms with E-state index >= 15 is 0 Å². The minimum atomic E-state index is -4.52. The maximum absolute atomic E-state index is 12.5. The van der Waals surface area contributed by atoms with Crippen LogP contribution in [0.15, 0.2) is 18.3 Å². The molecule has 0 N–H and O–H groups in total. The maximum atomic E-state index is 12.5. The Bertz CT molecular complexity index is 622. The molecule has 0 saturated carbocycles. The van der Waals surface area contributed by atoms with Crippen LogP contribution in [0.4, 0.5) is 13.2 Å². The predicted octanol–water partition coefficient (Wildman–Crippen LogP) is 1.73. The summed E-state index contributed by atoms with van der Waals surface area (Å²) >= 11 is 0. The molecule has 9 heteroatoms. The topological polar surface area (TPSA) is 56.8 Å². The second kappa shape index (κ2) is 8.48. The number of carbonyl (C=O) groups excluding carboxylic acids is 2. The first-order valence-electron chi connectivity index (χ1n) is 8.58. The molecule has 0 aromatic carbocycles. The van der Waals surface area contributed by atoms with Gasteiger partial charge in [-0.15, -0.1) is 0 Å². The number of pyridine rings is 1. The molecular formula is C17H23F3N4O2. The lowest BCUT2D eigenvalue weighted by atomic mass is 10.2. The third-order valence-electron chi connectivity index (χ3n) is 4.44. The van der Waals surface area contributed by atoms with Crippen molar-refractivity contribution in [1.29, 1.82) is 0 Å². The summed E-state index contributed by atoms with van der Waals surface area (Å²) in [6.07, 6.45) is -3.56. The normalized spacial score (nSPS) is 15.8. The van der Waals surface area contributed by atoms with Crippen LogP contribution in [-0.2, 0) is 11.0 Å². The monoisotopic (exact) mass is 372 g/mol. The van der Waals surface area contributed by atoms with E-state index < -0.39 is 11.9 Å². The lowest BCUT2D eigenvalue weighted by Gasteiger charge is -2.35. The first kappa shape index (κ1) is 20.2. The standard InChI is InChI=1S/C17H23F3N4O2/c1-3-23(4-2)15(25)12-22-7-9-24(10-8-22)16(26)13-5-6-14(21-11-13)17(18,19)20/h5-6,11H,3-4,7-10,12H2,1-2H3. The van der Waals surface area contributed by atoms with Gasteiger partial charge in [0.05, 0.1) is 12.1 Å². The van der Waals surface area contributed by atoms with E-state index in [0.29, 0.717) is 45.8 Å². The van der Waals surface area contributed by atoms with Crippen molar-refractivity contribution in [1.82, 2.24) is 19.7 Å². The fourth-order valence-electron chi connectivity index (χ4n) is 2.85. The molecule has 0 unspecified atom stereocenters. The zero-order valence-corrected chi connectivity index (χ0v) is 14.9. The van der Waals surface area contributed by atoms with Crippen molar-refractivity contribution >= 4 is 11.8 Å². The number of piperazine rings is 1. The number of hydrogen-bond donors (Lipinski definition) is 0. The molecule has 26 heavy (non-hydrogen) atoms. The molecular weight excluding hydrogens is 349 g/mol. The van der Waals surface area contributed by atoms with E-state index in [0.717, 1.165) is 18.3 Å². The van der Waals surface area contributed by atoms with Crippen LogP contribution in [0.1, 0.15) is 29.9 Å². The Morgan fingerprint density at radius 1 is 1.12 bits per heavy atom. The first-order chi connectivity index (χ1) is 12.3. The Morgan fingerprint density at radius 2 is 1.73 bits per heavy atom. The highest BCUT2D eigenvalue weighted by atomic mass is 19.4. The van der Waals surface area contributed by atoms with Crippen molar-refractivity contribution in [3.05, 3.63) is 29.6 Å². The molecule has 1 aliphatic heterocycles. The summed E-state index contributed by atoms with van der Waals surface area (Å²) in [4.78, 5) is 33.2. The van der Waals surface area contributed by atoms with Crippen molar-refractivity contribution in [3.63, 3.8) is 0 Å². The highest BCUT2D eigenvalue weighted by molar-refractivity contribution is 5.94. The fourth-order valence-corrected chi connectivity index (χ4v) is 2.85. The van der Waals surface area contributed by atoms with Crippen LogP contribution in [0.5, 0.6) is 0 Å². The molecule has 2 amide bonds. The largest absolute Gasteiger partial charge is 0.433 e. The van der Waals surface area contributed by atoms with Gasteiger partial charge >= 0.3 is 6.18 Å². The molecule has 2 rings (SSSR count). The molecule has 0 bridgehead atoms. The molecule has 0 atom stereocenters. The SMILES string of the molecule is CCN(CC)C(=O)CN1CCN(C(=O)c2ccc(C(F)(F)F)nc2)CC1. The zero-order chi connectivity index (χ0) is 19.3. The van der Waals surface area contributed by atoms with Crippen molar-refractivity contribution in [3.8, 4) is 0 Å². The Morgan fingerprint density at radius 3 is 2.19 bits per heavy atom. The molecule has 1 aliphatic rings. The van der Waals surface area contributed by atoms with Crippen molar-refractivity contribution in [2.75, 3.05) is 45.8 Å². The smallest absolute Gasteiger partial charge is 0.342 e. The van der Waals surface area contributed by atoms with Gasteiger partial charge in [0.15, 0.2) is 0 Å². The number of nitrogens with zero attached hydrogens (tertiary/aromatic N) is 4. The molecule has 6 nitrogen and oxygen atoms in total. The molecule has 1 fully saturated rings. The second-order valence-corrected chi connectivity index (χ2v) is 6.06. The van der Waals surface area contributed by atoms with Gasteiger partial charge in [0, 0.05) is 45.5 Å². The van der Waals surface area contributed by atoms with Crippen LogP contribution in [0.25, 0.3) is 0 Å². The summed E-state index contributed by atoms with van der Waals surface area (Å²) in [7, 11) is 0. The summed E-state index contributed by atoms with van der Waals surface area (Å²) in [5.74, 6) is -0.289. The van der Waals surface area contributed by atoms with Crippen molar-refractivity contribution in [2.24, 2.45) is 0 Å². The van der Waals surface area contributed by atoms with Gasteiger partial charge < -0.3 is 9.80 Å². The Balaban J connectivity index is 1.89. The first-order valence-corrected chi connectivity index (χ1v) is 8.58. The van der Waals surface area contributed by atoms with Crippen LogP contribution in [-0.4, -0.2) is 77.3 Å². The van der Waals surface area contributed by atoms with Gasteiger partial charge in [-0.3, -0.25) is 19.5 Å². The van der Waals surface area contributed by atoms with Crippen LogP contribution in [0.2, 0.25) is 0 Å². The van der Waals surface area contributed by atoms with Gasteiger partial charge in [-0.05, 0) is 26.0 Å². The second-order valence-electron chi connectivity index (χ2n) is 6.06. The fraction of sp³-hybridized carbons (Fsp3) is 0.588. The van der Waals surface area contributed by atoms with Crippen LogP contribution < -0.4 is 0 Å². The number of likely N-dealkylation sites (N-methyl/N-ethyl adjacent to an activating group) is 1. The molecule has 1 aromatic rings. The van der Waals surface area contributed by atoms with Crippen molar-refractivity contribution in [2.45, 2.75) is 20.0 Å². The summed E-state index contributed by atoms with van der Waals surface area (Å²) in [6.45, 7) is 7.43. The average molecular weight is 372 g/mol. The minimum absolute atomic E-state index is 0.0571. The number of halogens is 3. The molecule has 1 saturated heterocycles. The van der Waals surface area contributed by atoms with Gasteiger partial charge in [-0.1, -0.05) is 0 Å². The third kappa shape index (κ3) is 4.94. The molecule has 0 spiro atoms. The maximum Gasteiger partial charge on any atom is 0.433 e. The third-order valence-corrected chi connectivity index (χ3v) is 4.44. The van der Waals surface area contributed by atoms with Gasteiger partial charge in [-0.2, -0.15) is 13.2 Å². The lowest BCUT2D eigenvalue weighted by Crippen LogP contribution is -2.51. The highest BCUT2D eigenvalue weighted by Gasteiger charge is 2.32. The number of amides is 2. The molecule has 1 aromatic heterocycles. The minimum Gasteiger partial charge on any atom is -0.342 e. The lowest BCUT2D eigenvalue weighted by molar-refractivity contribution is -0.141. The average Bonchev–Trinajstić information content (AvgIpc) is 2.62. The molecule has 0 radical (unpaired) electrons. The van der Waals surface area contributed by atoms with Crippen LogP contribution in [0, 0.1) is 0 Å². The number of aromatic nitrogens is 1. The van der Waals surface area contributed by atoms with E-state index in [1.807, 2.05) is 18.7 Å². The highest BCUT2D eigenvalue weighted by Crippen LogP contribution is 2.27. The number of rotatable bonds is 5. The van der Waals surface area contributed by atoms with E-state index in [4.69, 9.17) is 0 Å². The van der Waals surface area contributed by atoms with Crippen LogP contribution >= 0.6 is 0 Å². The Kier molecular flexibility index (Phi) is 6.57. The van der Waals surface area contributed by atoms with E-state index in [9.17, 15) is 22.8 Å². The molecule has 0 aliphatic carbocycles. The van der Waals surface area contributed by atoms with E-state index in [1.165, 1.54) is 0 Å². The summed E-state index contributed by atoms with van der Waals surface area (Å²) in [5, 5.41) is 0. The van der Waals surface area contributed by atoms with Gasteiger partial charge in [0.25, 0.3) is 5.91 Å². The summed E-state index contributed by atoms with van der Waals surface area (Å²) in [5.41, 5.74) is -0.889. The summed E-state index contributed by atoms with van der Waals surface area (Å²) in [6, 6.07) is 1.96. The molecule has 2 heterocycles. The van der Waals surface area contributed by atoms with Gasteiger partial charge in [-0.25, -0.2) is 0 Å². The molecule has 144 valence electrons. The predicted molar refractivity (Wildman–Crippen MR) is 89.5 cm³/mol. The Labute approximate surface area is 150 Å². The zero-order valence-electron chi connectivity index (χ0n) is 14.9. The van der Waals surface area contributed by atoms with Crippen molar-refractivity contribution < 1.29 is 22.8 Å². The number of hydrogen-bond acceptors (Lipinski definition) is 4. The summed E-state index contributed by atoms with van der Waals surface area (Å²) < 4.78 is 37.6. The number of alkyl halides is 3. The Hall–Kier alpha value is -2.16. The number of carbonyl (C=O) groups is 2. The quantitative estimate of drug-likeness (QED) is 0.790. The van der Waals surface area contributed by atoms with E-state index in [1.54, 1.807) is 9.80 Å². The van der Waals surface area contributed by atoms with Gasteiger partial charge in [0.1, 0.15) is 5.69 Å². The van der Waals surface area contributed by atoms with E-state index in [2.05, 4.69) is 4.98 Å². The van der Waals surface area contributed by atoms with Gasteiger partial charge in [0.2, 0.25) is 5.91 Å².